The quantitative estimate of drug-likeness (QED) is 0.829. The first-order chi connectivity index (χ1) is 10.6. The second kappa shape index (κ2) is 6.20. The van der Waals surface area contributed by atoms with Crippen LogP contribution in [-0.2, 0) is 4.79 Å². The number of rotatable bonds is 6. The molecule has 0 aliphatic heterocycles. The highest BCUT2D eigenvalue weighted by Crippen LogP contribution is 2.39. The Hall–Kier alpha value is -1.69. The summed E-state index contributed by atoms with van der Waals surface area (Å²) in [4.78, 5) is 16.7. The minimum absolute atomic E-state index is 0.00504. The van der Waals surface area contributed by atoms with Crippen molar-refractivity contribution in [3.05, 3.63) is 35.5 Å². The van der Waals surface area contributed by atoms with E-state index < -0.39 is 0 Å². The van der Waals surface area contributed by atoms with Crippen molar-refractivity contribution in [3.63, 3.8) is 0 Å². The summed E-state index contributed by atoms with van der Waals surface area (Å²) in [6.07, 6.45) is 4.04. The monoisotopic (exact) mass is 319 g/mol. The largest absolute Gasteiger partial charge is 0.467 e. The van der Waals surface area contributed by atoms with E-state index >= 15 is 0 Å². The van der Waals surface area contributed by atoms with Crippen LogP contribution < -0.4 is 5.32 Å². The average Bonchev–Trinajstić information content (AvgIpc) is 3.07. The fraction of sp³-hybridized carbons (Fsp3) is 0.500. The van der Waals surface area contributed by atoms with E-state index in [4.69, 9.17) is 4.42 Å². The summed E-state index contributed by atoms with van der Waals surface area (Å²) < 4.78 is 7.58. The molecule has 6 heteroatoms. The number of furan rings is 1. The van der Waals surface area contributed by atoms with Crippen LogP contribution in [-0.4, -0.2) is 21.2 Å². The molecule has 2 aromatic heterocycles. The molecule has 0 aromatic carbocycles. The van der Waals surface area contributed by atoms with Crippen LogP contribution in [0, 0.1) is 13.8 Å². The van der Waals surface area contributed by atoms with Gasteiger partial charge in [0.15, 0.2) is 5.16 Å². The fourth-order valence-electron chi connectivity index (χ4n) is 2.48. The van der Waals surface area contributed by atoms with Gasteiger partial charge in [-0.3, -0.25) is 4.79 Å². The normalized spacial score (nSPS) is 15.8. The number of thioether (sulfide) groups is 1. The lowest BCUT2D eigenvalue weighted by Gasteiger charge is -2.12. The van der Waals surface area contributed by atoms with Gasteiger partial charge < -0.3 is 14.3 Å². The first-order valence-electron chi connectivity index (χ1n) is 7.57. The number of imidazole rings is 1. The van der Waals surface area contributed by atoms with Crippen LogP contribution in [0.2, 0.25) is 0 Å². The molecule has 1 aliphatic carbocycles. The zero-order valence-electron chi connectivity index (χ0n) is 13.1. The maximum absolute atomic E-state index is 12.1. The topological polar surface area (TPSA) is 60.1 Å². The van der Waals surface area contributed by atoms with Crippen molar-refractivity contribution in [2.45, 2.75) is 50.9 Å². The van der Waals surface area contributed by atoms with Gasteiger partial charge in [0.05, 0.1) is 23.8 Å². The third kappa shape index (κ3) is 3.21. The van der Waals surface area contributed by atoms with Crippen LogP contribution >= 0.6 is 11.8 Å². The standard InChI is InChI=1S/C16H21N3O2S/c1-10-12(3)19(13-6-7-13)16(18-10)22-9-15(20)17-11(2)14-5-4-8-21-14/h4-5,8,11,13H,6-7,9H2,1-3H3,(H,17,20)/t11-/m0/s1. The van der Waals surface area contributed by atoms with Crippen LogP contribution in [0.3, 0.4) is 0 Å². The zero-order valence-corrected chi connectivity index (χ0v) is 13.9. The number of nitrogens with zero attached hydrogens (tertiary/aromatic N) is 2. The van der Waals surface area contributed by atoms with Gasteiger partial charge in [-0.05, 0) is 45.7 Å². The number of amides is 1. The van der Waals surface area contributed by atoms with Crippen molar-refractivity contribution in [2.24, 2.45) is 0 Å². The number of carbonyl (C=O) groups is 1. The summed E-state index contributed by atoms with van der Waals surface area (Å²) in [5.41, 5.74) is 2.27. The molecule has 22 heavy (non-hydrogen) atoms. The van der Waals surface area contributed by atoms with E-state index in [-0.39, 0.29) is 11.9 Å². The maximum atomic E-state index is 12.1. The van der Waals surface area contributed by atoms with Gasteiger partial charge in [-0.25, -0.2) is 4.98 Å². The molecule has 1 saturated carbocycles. The van der Waals surface area contributed by atoms with Crippen molar-refractivity contribution < 1.29 is 9.21 Å². The van der Waals surface area contributed by atoms with E-state index in [1.807, 2.05) is 26.0 Å². The number of hydrogen-bond acceptors (Lipinski definition) is 4. The highest BCUT2D eigenvalue weighted by atomic mass is 32.2. The van der Waals surface area contributed by atoms with E-state index in [1.165, 1.54) is 30.3 Å². The number of aromatic nitrogens is 2. The first-order valence-corrected chi connectivity index (χ1v) is 8.56. The number of nitrogens with one attached hydrogen (secondary N) is 1. The highest BCUT2D eigenvalue weighted by Gasteiger charge is 2.28. The van der Waals surface area contributed by atoms with Gasteiger partial charge in [0, 0.05) is 11.7 Å². The van der Waals surface area contributed by atoms with E-state index in [0.29, 0.717) is 11.8 Å². The summed E-state index contributed by atoms with van der Waals surface area (Å²) in [5.74, 6) is 1.13. The Bertz CT molecular complexity index is 659. The lowest BCUT2D eigenvalue weighted by atomic mass is 10.2. The third-order valence-electron chi connectivity index (χ3n) is 3.95. The maximum Gasteiger partial charge on any atom is 0.231 e. The van der Waals surface area contributed by atoms with Gasteiger partial charge in [-0.15, -0.1) is 0 Å². The second-order valence-electron chi connectivity index (χ2n) is 5.76. The first kappa shape index (κ1) is 15.2. The minimum atomic E-state index is -0.116. The average molecular weight is 319 g/mol. The van der Waals surface area contributed by atoms with E-state index in [0.717, 1.165) is 16.6 Å². The summed E-state index contributed by atoms with van der Waals surface area (Å²) in [7, 11) is 0. The molecule has 2 aromatic rings. The Balaban J connectivity index is 1.58. The van der Waals surface area contributed by atoms with Crippen molar-refractivity contribution in [2.75, 3.05) is 5.75 Å². The molecule has 1 N–H and O–H groups in total. The molecule has 118 valence electrons. The van der Waals surface area contributed by atoms with Gasteiger partial charge in [0.1, 0.15) is 5.76 Å². The molecule has 1 atom stereocenters. The molecule has 0 spiro atoms. The number of aryl methyl sites for hydroxylation is 1. The predicted octanol–water partition coefficient (Wildman–Crippen LogP) is 3.40. The smallest absolute Gasteiger partial charge is 0.231 e. The fourth-order valence-corrected chi connectivity index (χ4v) is 3.45. The van der Waals surface area contributed by atoms with Crippen molar-refractivity contribution in [3.8, 4) is 0 Å². The van der Waals surface area contributed by atoms with E-state index in [2.05, 4.69) is 21.8 Å². The Morgan fingerprint density at radius 3 is 2.95 bits per heavy atom. The molecule has 0 saturated heterocycles. The lowest BCUT2D eigenvalue weighted by molar-refractivity contribution is -0.119. The van der Waals surface area contributed by atoms with Crippen molar-refractivity contribution in [1.82, 2.24) is 14.9 Å². The van der Waals surface area contributed by atoms with Gasteiger partial charge in [0.25, 0.3) is 0 Å². The predicted molar refractivity (Wildman–Crippen MR) is 86.0 cm³/mol. The van der Waals surface area contributed by atoms with Crippen molar-refractivity contribution >= 4 is 17.7 Å². The molecule has 1 fully saturated rings. The van der Waals surface area contributed by atoms with E-state index in [1.54, 1.807) is 6.26 Å². The van der Waals surface area contributed by atoms with Gasteiger partial charge in [0.2, 0.25) is 5.91 Å². The SMILES string of the molecule is Cc1nc(SCC(=O)N[C@@H](C)c2ccco2)n(C2CC2)c1C. The molecule has 1 amide bonds. The Kier molecular flexibility index (Phi) is 4.29. The summed E-state index contributed by atoms with van der Waals surface area (Å²) in [6, 6.07) is 4.15. The third-order valence-corrected chi connectivity index (χ3v) is 4.90. The van der Waals surface area contributed by atoms with Gasteiger partial charge in [-0.1, -0.05) is 11.8 Å². The lowest BCUT2D eigenvalue weighted by Crippen LogP contribution is -2.28. The Labute approximate surface area is 134 Å². The molecule has 0 radical (unpaired) electrons. The molecule has 3 rings (SSSR count). The molecule has 2 heterocycles. The molecule has 5 nitrogen and oxygen atoms in total. The van der Waals surface area contributed by atoms with E-state index in [9.17, 15) is 4.79 Å². The number of hydrogen-bond donors (Lipinski definition) is 1. The van der Waals surface area contributed by atoms with Crippen LogP contribution in [0.15, 0.2) is 28.0 Å². The van der Waals surface area contributed by atoms with Crippen LogP contribution in [0.5, 0.6) is 0 Å². The molecule has 0 unspecified atom stereocenters. The molecule has 0 bridgehead atoms. The van der Waals surface area contributed by atoms with Crippen LogP contribution in [0.1, 0.15) is 49.0 Å². The summed E-state index contributed by atoms with van der Waals surface area (Å²) in [6.45, 7) is 6.04. The zero-order chi connectivity index (χ0) is 15.7. The summed E-state index contributed by atoms with van der Waals surface area (Å²) in [5, 5.41) is 3.90. The molecular weight excluding hydrogens is 298 g/mol. The van der Waals surface area contributed by atoms with Gasteiger partial charge >= 0.3 is 0 Å². The molecular formula is C16H21N3O2S. The second-order valence-corrected chi connectivity index (χ2v) is 6.70. The van der Waals surface area contributed by atoms with Crippen LogP contribution in [0.25, 0.3) is 0 Å². The highest BCUT2D eigenvalue weighted by molar-refractivity contribution is 7.99. The van der Waals surface area contributed by atoms with Crippen molar-refractivity contribution in [1.29, 1.82) is 0 Å². The summed E-state index contributed by atoms with van der Waals surface area (Å²) >= 11 is 1.51. The minimum Gasteiger partial charge on any atom is -0.467 e. The molecule has 1 aliphatic rings. The Morgan fingerprint density at radius 2 is 2.32 bits per heavy atom. The van der Waals surface area contributed by atoms with Gasteiger partial charge in [-0.2, -0.15) is 0 Å². The number of carbonyl (C=O) groups excluding carboxylic acids is 1. The Morgan fingerprint density at radius 1 is 1.55 bits per heavy atom. The van der Waals surface area contributed by atoms with Crippen LogP contribution in [0.4, 0.5) is 0 Å².